The number of benzene rings is 3. The van der Waals surface area contributed by atoms with Crippen molar-refractivity contribution in [2.45, 2.75) is 32.4 Å². The predicted molar refractivity (Wildman–Crippen MR) is 108 cm³/mol. The number of fused-ring (bicyclic) bond motifs is 1. The van der Waals surface area contributed by atoms with Crippen LogP contribution in [0.4, 0.5) is 0 Å². The molecule has 1 aliphatic rings. The largest absolute Gasteiger partial charge is 0.288 e. The molecule has 0 spiro atoms. The molecule has 4 rings (SSSR count). The molecule has 0 radical (unpaired) electrons. The van der Waals surface area contributed by atoms with Crippen molar-refractivity contribution in [3.63, 3.8) is 0 Å². The lowest BCUT2D eigenvalue weighted by Crippen LogP contribution is -2.21. The molecule has 0 N–H and O–H groups in total. The topological polar surface area (TPSA) is 15.6 Å². The van der Waals surface area contributed by atoms with Crippen LogP contribution < -0.4 is 0 Å². The van der Waals surface area contributed by atoms with E-state index >= 15 is 0 Å². The van der Waals surface area contributed by atoms with Gasteiger partial charge in [0.2, 0.25) is 0 Å². The van der Waals surface area contributed by atoms with Crippen molar-refractivity contribution < 1.29 is 0 Å². The molecule has 0 heterocycles. The van der Waals surface area contributed by atoms with Crippen molar-refractivity contribution in [2.75, 3.05) is 0 Å². The zero-order valence-corrected chi connectivity index (χ0v) is 15.0. The van der Waals surface area contributed by atoms with E-state index in [-0.39, 0.29) is 0 Å². The molecule has 1 aliphatic carbocycles. The summed E-state index contributed by atoms with van der Waals surface area (Å²) < 4.78 is 0. The van der Waals surface area contributed by atoms with Crippen LogP contribution in [0.2, 0.25) is 0 Å². The standard InChI is InChI=1S/C24H24N2/c1-3-10-20(11-4-1)18-26(19-21-12-5-2-6-13-21)25-24-17-9-15-22-14-7-8-16-23(22)24/h1-8,10-14,16H,9,15,17-19H2. The molecule has 0 fully saturated rings. The van der Waals surface area contributed by atoms with Crippen LogP contribution in [0.3, 0.4) is 0 Å². The molecule has 2 heteroatoms. The minimum atomic E-state index is 0.821. The Morgan fingerprint density at radius 1 is 0.654 bits per heavy atom. The van der Waals surface area contributed by atoms with E-state index in [1.54, 1.807) is 0 Å². The monoisotopic (exact) mass is 340 g/mol. The number of aryl methyl sites for hydroxylation is 1. The Kier molecular flexibility index (Phi) is 5.11. The van der Waals surface area contributed by atoms with Crippen LogP contribution >= 0.6 is 0 Å². The normalized spacial score (nSPS) is 14.8. The van der Waals surface area contributed by atoms with Crippen molar-refractivity contribution in [1.82, 2.24) is 5.01 Å². The van der Waals surface area contributed by atoms with Crippen LogP contribution in [-0.2, 0) is 19.5 Å². The second-order valence-electron chi connectivity index (χ2n) is 6.85. The highest BCUT2D eigenvalue weighted by Gasteiger charge is 2.16. The third-order valence-corrected chi connectivity index (χ3v) is 4.87. The Balaban J connectivity index is 1.64. The first kappa shape index (κ1) is 16.6. The van der Waals surface area contributed by atoms with Crippen molar-refractivity contribution in [3.8, 4) is 0 Å². The lowest BCUT2D eigenvalue weighted by atomic mass is 9.90. The Morgan fingerprint density at radius 2 is 1.23 bits per heavy atom. The SMILES string of the molecule is c1ccc(CN(Cc2ccccc2)N=C2CCCc3ccccc32)cc1. The van der Waals surface area contributed by atoms with Crippen LogP contribution in [0.25, 0.3) is 0 Å². The quantitative estimate of drug-likeness (QED) is 0.566. The molecule has 0 amide bonds. The molecule has 0 saturated carbocycles. The van der Waals surface area contributed by atoms with Crippen LogP contribution in [0, 0.1) is 0 Å². The second-order valence-corrected chi connectivity index (χ2v) is 6.85. The maximum absolute atomic E-state index is 5.12. The molecule has 3 aromatic carbocycles. The van der Waals surface area contributed by atoms with Crippen LogP contribution in [0.15, 0.2) is 90.0 Å². The van der Waals surface area contributed by atoms with Gasteiger partial charge in [-0.15, -0.1) is 0 Å². The summed E-state index contributed by atoms with van der Waals surface area (Å²) in [5.74, 6) is 0. The Morgan fingerprint density at radius 3 is 1.88 bits per heavy atom. The van der Waals surface area contributed by atoms with E-state index in [1.165, 1.54) is 34.4 Å². The minimum Gasteiger partial charge on any atom is -0.288 e. The van der Waals surface area contributed by atoms with Gasteiger partial charge in [-0.25, -0.2) is 0 Å². The molecule has 130 valence electrons. The maximum atomic E-state index is 5.12. The molecule has 0 bridgehead atoms. The van der Waals surface area contributed by atoms with Gasteiger partial charge in [-0.3, -0.25) is 5.01 Å². The third kappa shape index (κ3) is 4.02. The molecule has 0 saturated heterocycles. The Hall–Kier alpha value is -2.87. The van der Waals surface area contributed by atoms with Crippen LogP contribution in [0.5, 0.6) is 0 Å². The smallest absolute Gasteiger partial charge is 0.0680 e. The zero-order chi connectivity index (χ0) is 17.6. The average Bonchev–Trinajstić information content (AvgIpc) is 2.70. The first-order chi connectivity index (χ1) is 12.9. The van der Waals surface area contributed by atoms with Crippen molar-refractivity contribution in [1.29, 1.82) is 0 Å². The predicted octanol–water partition coefficient (Wildman–Crippen LogP) is 5.43. The Bertz CT molecular complexity index is 827. The van der Waals surface area contributed by atoms with E-state index in [2.05, 4.69) is 89.9 Å². The van der Waals surface area contributed by atoms with Gasteiger partial charge < -0.3 is 0 Å². The van der Waals surface area contributed by atoms with E-state index in [9.17, 15) is 0 Å². The van der Waals surface area contributed by atoms with Gasteiger partial charge in [0, 0.05) is 5.56 Å². The first-order valence-electron chi connectivity index (χ1n) is 9.37. The van der Waals surface area contributed by atoms with Gasteiger partial charge >= 0.3 is 0 Å². The van der Waals surface area contributed by atoms with Gasteiger partial charge in [0.1, 0.15) is 0 Å². The fourth-order valence-electron chi connectivity index (χ4n) is 3.59. The number of hydrogen-bond acceptors (Lipinski definition) is 2. The third-order valence-electron chi connectivity index (χ3n) is 4.87. The highest BCUT2D eigenvalue weighted by molar-refractivity contribution is 6.02. The number of hydrazone groups is 1. The van der Waals surface area contributed by atoms with Crippen molar-refractivity contribution in [3.05, 3.63) is 107 Å². The van der Waals surface area contributed by atoms with Crippen molar-refractivity contribution >= 4 is 5.71 Å². The van der Waals surface area contributed by atoms with Crippen LogP contribution in [-0.4, -0.2) is 10.7 Å². The van der Waals surface area contributed by atoms with Gasteiger partial charge in [-0.05, 0) is 36.0 Å². The molecule has 0 unspecified atom stereocenters. The Labute approximate surface area is 155 Å². The lowest BCUT2D eigenvalue weighted by Gasteiger charge is -2.24. The summed E-state index contributed by atoms with van der Waals surface area (Å²) in [5, 5.41) is 7.33. The van der Waals surface area contributed by atoms with Gasteiger partial charge in [0.05, 0.1) is 18.8 Å². The van der Waals surface area contributed by atoms with Crippen LogP contribution in [0.1, 0.15) is 35.1 Å². The molecule has 2 nitrogen and oxygen atoms in total. The molecular formula is C24H24N2. The fourth-order valence-corrected chi connectivity index (χ4v) is 3.59. The average molecular weight is 340 g/mol. The fraction of sp³-hybridized carbons (Fsp3) is 0.208. The molecule has 26 heavy (non-hydrogen) atoms. The summed E-state index contributed by atoms with van der Waals surface area (Å²) in [5.41, 5.74) is 6.55. The number of hydrogen-bond donors (Lipinski definition) is 0. The van der Waals surface area contributed by atoms with Crippen molar-refractivity contribution in [2.24, 2.45) is 5.10 Å². The van der Waals surface area contributed by atoms with Gasteiger partial charge in [-0.2, -0.15) is 5.10 Å². The summed E-state index contributed by atoms with van der Waals surface area (Å²) in [7, 11) is 0. The molecular weight excluding hydrogens is 316 g/mol. The van der Waals surface area contributed by atoms with Gasteiger partial charge in [-0.1, -0.05) is 84.9 Å². The van der Waals surface area contributed by atoms with E-state index in [0.29, 0.717) is 0 Å². The number of rotatable bonds is 5. The molecule has 3 aromatic rings. The zero-order valence-electron chi connectivity index (χ0n) is 15.0. The summed E-state index contributed by atoms with van der Waals surface area (Å²) in [4.78, 5) is 0. The molecule has 0 atom stereocenters. The van der Waals surface area contributed by atoms with E-state index in [1.807, 2.05) is 0 Å². The number of nitrogens with zero attached hydrogens (tertiary/aromatic N) is 2. The lowest BCUT2D eigenvalue weighted by molar-refractivity contribution is 0.270. The van der Waals surface area contributed by atoms with E-state index in [0.717, 1.165) is 25.9 Å². The maximum Gasteiger partial charge on any atom is 0.0680 e. The highest BCUT2D eigenvalue weighted by Crippen LogP contribution is 2.23. The first-order valence-corrected chi connectivity index (χ1v) is 9.37. The molecule has 0 aromatic heterocycles. The summed E-state index contributed by atoms with van der Waals surface area (Å²) in [6.07, 6.45) is 3.39. The molecule has 0 aliphatic heterocycles. The van der Waals surface area contributed by atoms with E-state index in [4.69, 9.17) is 5.10 Å². The second kappa shape index (κ2) is 8.01. The van der Waals surface area contributed by atoms with Gasteiger partial charge in [0.15, 0.2) is 0 Å². The summed E-state index contributed by atoms with van der Waals surface area (Å²) >= 11 is 0. The van der Waals surface area contributed by atoms with E-state index < -0.39 is 0 Å². The van der Waals surface area contributed by atoms with Gasteiger partial charge in [0.25, 0.3) is 0 Å². The summed E-state index contributed by atoms with van der Waals surface area (Å²) in [6, 6.07) is 29.9. The highest BCUT2D eigenvalue weighted by atomic mass is 15.4. The minimum absolute atomic E-state index is 0.821. The summed E-state index contributed by atoms with van der Waals surface area (Å²) in [6.45, 7) is 1.64.